The molecule has 0 fully saturated rings. The van der Waals surface area contributed by atoms with Gasteiger partial charge in [0.05, 0.1) is 17.1 Å². The van der Waals surface area contributed by atoms with Crippen molar-refractivity contribution < 1.29 is 4.79 Å². The molecule has 2 heterocycles. The van der Waals surface area contributed by atoms with Gasteiger partial charge in [0.2, 0.25) is 0 Å². The van der Waals surface area contributed by atoms with E-state index in [0.29, 0.717) is 22.9 Å². The van der Waals surface area contributed by atoms with E-state index in [4.69, 9.17) is 11.6 Å². The first kappa shape index (κ1) is 17.9. The third kappa shape index (κ3) is 3.77. The normalized spacial score (nSPS) is 10.8. The van der Waals surface area contributed by atoms with Gasteiger partial charge < -0.3 is 5.32 Å². The molecule has 0 atom stereocenters. The summed E-state index contributed by atoms with van der Waals surface area (Å²) in [5.74, 6) is -0.286. The fourth-order valence-electron chi connectivity index (χ4n) is 2.68. The lowest BCUT2D eigenvalue weighted by Crippen LogP contribution is -2.24. The van der Waals surface area contributed by atoms with Crippen LogP contribution in [0.15, 0.2) is 61.2 Å². The molecule has 4 rings (SSSR count). The van der Waals surface area contributed by atoms with Gasteiger partial charge in [0.15, 0.2) is 5.69 Å². The Hall–Kier alpha value is -3.52. The van der Waals surface area contributed by atoms with E-state index in [9.17, 15) is 4.79 Å². The fourth-order valence-corrected chi connectivity index (χ4v) is 2.86. The van der Waals surface area contributed by atoms with Crippen molar-refractivity contribution in [3.8, 4) is 11.4 Å². The van der Waals surface area contributed by atoms with Crippen molar-refractivity contribution in [1.82, 2.24) is 35.1 Å². The third-order valence-corrected chi connectivity index (χ3v) is 4.34. The average molecular weight is 394 g/mol. The first-order chi connectivity index (χ1) is 13.6. The van der Waals surface area contributed by atoms with Crippen LogP contribution in [0.2, 0.25) is 5.02 Å². The summed E-state index contributed by atoms with van der Waals surface area (Å²) in [5.41, 5.74) is 3.36. The van der Waals surface area contributed by atoms with Crippen LogP contribution in [0.4, 0.5) is 0 Å². The smallest absolute Gasteiger partial charge is 0.274 e. The van der Waals surface area contributed by atoms with Crippen LogP contribution in [0.5, 0.6) is 0 Å². The van der Waals surface area contributed by atoms with Crippen LogP contribution in [-0.4, -0.2) is 35.7 Å². The van der Waals surface area contributed by atoms with Gasteiger partial charge in [0, 0.05) is 11.6 Å². The summed E-state index contributed by atoms with van der Waals surface area (Å²) in [7, 11) is 0. The number of hydrogen-bond donors (Lipinski definition) is 1. The van der Waals surface area contributed by atoms with Crippen molar-refractivity contribution in [3.63, 3.8) is 0 Å². The Bertz CT molecular complexity index is 1100. The topological polar surface area (TPSA) is 90.5 Å². The van der Waals surface area contributed by atoms with Crippen molar-refractivity contribution in [2.45, 2.75) is 13.5 Å². The maximum Gasteiger partial charge on any atom is 0.274 e. The van der Waals surface area contributed by atoms with Crippen molar-refractivity contribution in [2.75, 3.05) is 0 Å². The van der Waals surface area contributed by atoms with E-state index in [1.54, 1.807) is 36.1 Å². The summed E-state index contributed by atoms with van der Waals surface area (Å²) < 4.78 is 1.67. The van der Waals surface area contributed by atoms with Crippen LogP contribution in [0.25, 0.3) is 11.4 Å². The lowest BCUT2D eigenvalue weighted by Gasteiger charge is -2.05. The van der Waals surface area contributed by atoms with Gasteiger partial charge in [-0.05, 0) is 42.8 Å². The van der Waals surface area contributed by atoms with E-state index in [2.05, 4.69) is 25.6 Å². The van der Waals surface area contributed by atoms with Gasteiger partial charge in [-0.1, -0.05) is 29.8 Å². The Morgan fingerprint density at radius 3 is 2.64 bits per heavy atom. The molecule has 0 bridgehead atoms. The first-order valence-corrected chi connectivity index (χ1v) is 8.90. The van der Waals surface area contributed by atoms with Crippen LogP contribution in [0.3, 0.4) is 0 Å². The number of benzene rings is 2. The van der Waals surface area contributed by atoms with Crippen LogP contribution in [0, 0.1) is 6.92 Å². The SMILES string of the molecule is Cc1nn(-c2cccc(Cl)c2)nc1C(=O)NCc1ccc(-n2cncn2)cc1. The number of aryl methyl sites for hydroxylation is 1. The van der Waals surface area contributed by atoms with Crippen LogP contribution in [0.1, 0.15) is 21.7 Å². The van der Waals surface area contributed by atoms with E-state index in [-0.39, 0.29) is 11.6 Å². The number of carbonyl (C=O) groups excluding carboxylic acids is 1. The van der Waals surface area contributed by atoms with Crippen molar-refractivity contribution >= 4 is 17.5 Å². The van der Waals surface area contributed by atoms with Crippen LogP contribution in [-0.2, 0) is 6.54 Å². The highest BCUT2D eigenvalue weighted by atomic mass is 35.5. The fraction of sp³-hybridized carbons (Fsp3) is 0.105. The summed E-state index contributed by atoms with van der Waals surface area (Å²) in [6.45, 7) is 2.12. The summed E-state index contributed by atoms with van der Waals surface area (Å²) >= 11 is 6.01. The average Bonchev–Trinajstić information content (AvgIpc) is 3.36. The molecule has 0 saturated carbocycles. The van der Waals surface area contributed by atoms with E-state index in [0.717, 1.165) is 11.3 Å². The van der Waals surface area contributed by atoms with Gasteiger partial charge in [0.25, 0.3) is 5.91 Å². The number of nitrogens with zero attached hydrogens (tertiary/aromatic N) is 6. The monoisotopic (exact) mass is 393 g/mol. The van der Waals surface area contributed by atoms with E-state index in [1.165, 1.54) is 11.1 Å². The summed E-state index contributed by atoms with van der Waals surface area (Å²) in [4.78, 5) is 17.9. The zero-order valence-corrected chi connectivity index (χ0v) is 15.7. The highest BCUT2D eigenvalue weighted by Gasteiger charge is 2.16. The molecule has 28 heavy (non-hydrogen) atoms. The third-order valence-electron chi connectivity index (χ3n) is 4.11. The van der Waals surface area contributed by atoms with Crippen LogP contribution >= 0.6 is 11.6 Å². The zero-order chi connectivity index (χ0) is 19.5. The second-order valence-electron chi connectivity index (χ2n) is 6.09. The number of carbonyl (C=O) groups is 1. The van der Waals surface area contributed by atoms with Crippen molar-refractivity contribution in [2.24, 2.45) is 0 Å². The minimum Gasteiger partial charge on any atom is -0.347 e. The zero-order valence-electron chi connectivity index (χ0n) is 15.0. The maximum atomic E-state index is 12.5. The summed E-state index contributed by atoms with van der Waals surface area (Å²) in [6.07, 6.45) is 3.11. The number of nitrogens with one attached hydrogen (secondary N) is 1. The molecule has 0 aliphatic carbocycles. The van der Waals surface area contributed by atoms with Gasteiger partial charge >= 0.3 is 0 Å². The first-order valence-electron chi connectivity index (χ1n) is 8.52. The lowest BCUT2D eigenvalue weighted by molar-refractivity contribution is 0.0945. The summed E-state index contributed by atoms with van der Waals surface area (Å²) in [5, 5.41) is 16.1. The molecule has 9 heteroatoms. The van der Waals surface area contributed by atoms with Gasteiger partial charge in [0.1, 0.15) is 12.7 Å². The molecule has 0 spiro atoms. The molecule has 8 nitrogen and oxygen atoms in total. The molecule has 1 amide bonds. The molecule has 140 valence electrons. The molecule has 2 aromatic carbocycles. The van der Waals surface area contributed by atoms with Crippen molar-refractivity contribution in [1.29, 1.82) is 0 Å². The second-order valence-corrected chi connectivity index (χ2v) is 6.53. The predicted octanol–water partition coefficient (Wildman–Crippen LogP) is 2.74. The summed E-state index contributed by atoms with van der Waals surface area (Å²) in [6, 6.07) is 14.8. The highest BCUT2D eigenvalue weighted by molar-refractivity contribution is 6.30. The molecule has 0 unspecified atom stereocenters. The van der Waals surface area contributed by atoms with E-state index < -0.39 is 0 Å². The Labute approximate surface area is 165 Å². The largest absolute Gasteiger partial charge is 0.347 e. The Balaban J connectivity index is 1.44. The van der Waals surface area contributed by atoms with E-state index in [1.807, 2.05) is 30.3 Å². The quantitative estimate of drug-likeness (QED) is 0.563. The standard InChI is InChI=1S/C19H16ClN7O/c1-13-18(25-27(24-13)17-4-2-3-15(20)9-17)19(28)22-10-14-5-7-16(8-6-14)26-12-21-11-23-26/h2-9,11-12H,10H2,1H3,(H,22,28). The predicted molar refractivity (Wildman–Crippen MR) is 104 cm³/mol. The van der Waals surface area contributed by atoms with E-state index >= 15 is 0 Å². The Morgan fingerprint density at radius 1 is 1.11 bits per heavy atom. The lowest BCUT2D eigenvalue weighted by atomic mass is 10.2. The minimum absolute atomic E-state index is 0.277. The minimum atomic E-state index is -0.286. The molecule has 0 radical (unpaired) electrons. The number of amides is 1. The number of hydrogen-bond acceptors (Lipinski definition) is 5. The van der Waals surface area contributed by atoms with Gasteiger partial charge in [-0.15, -0.1) is 5.10 Å². The number of rotatable bonds is 5. The molecule has 0 aliphatic rings. The highest BCUT2D eigenvalue weighted by Crippen LogP contribution is 2.14. The van der Waals surface area contributed by atoms with Gasteiger partial charge in [-0.3, -0.25) is 4.79 Å². The molecule has 2 aromatic heterocycles. The molecule has 0 saturated heterocycles. The molecule has 1 N–H and O–H groups in total. The molecular weight excluding hydrogens is 378 g/mol. The van der Waals surface area contributed by atoms with Crippen LogP contribution < -0.4 is 5.32 Å². The maximum absolute atomic E-state index is 12.5. The second kappa shape index (κ2) is 7.61. The van der Waals surface area contributed by atoms with Gasteiger partial charge in [-0.2, -0.15) is 15.0 Å². The molecule has 4 aromatic rings. The van der Waals surface area contributed by atoms with Gasteiger partial charge in [-0.25, -0.2) is 9.67 Å². The number of halogens is 1. The van der Waals surface area contributed by atoms with Crippen molar-refractivity contribution in [3.05, 3.63) is 83.2 Å². The Kier molecular flexibility index (Phi) is 4.86. The molecular formula is C19H16ClN7O. The Morgan fingerprint density at radius 2 is 1.93 bits per heavy atom. The number of aromatic nitrogens is 6. The molecule has 0 aliphatic heterocycles.